The molecule has 358 valence electrons. The Hall–Kier alpha value is -9.50. The highest BCUT2D eigenvalue weighted by Gasteiger charge is 2.25. The third-order valence-corrected chi connectivity index (χ3v) is 16.2. The van der Waals surface area contributed by atoms with Crippen LogP contribution in [0.4, 0.5) is 34.1 Å². The molecule has 0 bridgehead atoms. The van der Waals surface area contributed by atoms with Crippen molar-refractivity contribution in [3.63, 3.8) is 0 Å². The summed E-state index contributed by atoms with van der Waals surface area (Å²) in [6, 6.07) is 93.3. The Morgan fingerprint density at radius 2 is 0.711 bits per heavy atom. The first-order chi connectivity index (χ1) is 37.6. The highest BCUT2D eigenvalue weighted by molar-refractivity contribution is 6.22. The van der Waals surface area contributed by atoms with Crippen LogP contribution in [0.1, 0.15) is 40.7 Å². The van der Waals surface area contributed by atoms with Crippen molar-refractivity contribution in [3.05, 3.63) is 283 Å². The highest BCUT2D eigenvalue weighted by Crippen LogP contribution is 2.50. The van der Waals surface area contributed by atoms with E-state index in [-0.39, 0.29) is 0 Å². The molecule has 0 saturated heterocycles. The molecule has 0 aliphatic heterocycles. The fraction of sp³-hybridized carbons (Fsp3) is 0.0541. The Balaban J connectivity index is 1.03. The first-order valence-corrected chi connectivity index (χ1v) is 26.8. The molecule has 0 amide bonds. The predicted octanol–water partition coefficient (Wildman–Crippen LogP) is 20.7. The average Bonchev–Trinajstić information content (AvgIpc) is 3.53. The molecular formula is C74H52N2. The second kappa shape index (κ2) is 18.2. The number of allylic oxidation sites excluding steroid dienone is 2. The molecule has 2 aliphatic rings. The van der Waals surface area contributed by atoms with Crippen molar-refractivity contribution in [2.45, 2.75) is 25.7 Å². The third kappa shape index (κ3) is 7.64. The van der Waals surface area contributed by atoms with Crippen molar-refractivity contribution in [3.8, 4) is 11.1 Å². The largest absolute Gasteiger partial charge is 0.310 e. The van der Waals surface area contributed by atoms with Gasteiger partial charge in [0, 0.05) is 34.1 Å². The minimum absolute atomic E-state index is 0.938. The summed E-state index contributed by atoms with van der Waals surface area (Å²) in [5.41, 5.74) is 17.2. The third-order valence-electron chi connectivity index (χ3n) is 16.2. The van der Waals surface area contributed by atoms with Crippen molar-refractivity contribution in [2.24, 2.45) is 0 Å². The predicted molar refractivity (Wildman–Crippen MR) is 326 cm³/mol. The van der Waals surface area contributed by atoms with Crippen LogP contribution in [-0.2, 0) is 12.8 Å². The molecule has 0 atom stereocenters. The van der Waals surface area contributed by atoms with Crippen molar-refractivity contribution >= 4 is 116 Å². The summed E-state index contributed by atoms with van der Waals surface area (Å²) in [5, 5.41) is 14.7. The standard InChI is InChI=1S/C74H52N2/c1-7-19-55-41-61(27-25-49(55)13-1)73-69-39-37-68(76(65-35-31-53-17-5-11-23-59(53)45-65)66-36-32-54-18-6-12-24-60(54)46-66)48-72(69)74(62-28-26-50-14-2-8-20-56(50)42-62)70-40-38-67(47-71(70)73)75(63-33-29-51-15-3-9-21-57(51)43-63)64-34-30-52-16-4-10-22-58(52)44-64/h1-5,7-17,19-24,26,28-48H,6,18,25,27H2. The van der Waals surface area contributed by atoms with Crippen LogP contribution in [0.25, 0.3) is 93.5 Å². The van der Waals surface area contributed by atoms with Gasteiger partial charge in [-0.3, -0.25) is 0 Å². The monoisotopic (exact) mass is 968 g/mol. The summed E-state index contributed by atoms with van der Waals surface area (Å²) in [6.45, 7) is 0. The summed E-state index contributed by atoms with van der Waals surface area (Å²) in [4.78, 5) is 4.94. The van der Waals surface area contributed by atoms with Crippen LogP contribution in [-0.4, -0.2) is 0 Å². The second-order valence-corrected chi connectivity index (χ2v) is 20.7. The topological polar surface area (TPSA) is 6.48 Å². The van der Waals surface area contributed by atoms with Gasteiger partial charge in [0.2, 0.25) is 0 Å². The van der Waals surface area contributed by atoms with Gasteiger partial charge in [-0.15, -0.1) is 0 Å². The van der Waals surface area contributed by atoms with Crippen LogP contribution >= 0.6 is 0 Å². The molecule has 0 aromatic heterocycles. The lowest BCUT2D eigenvalue weighted by atomic mass is 9.81. The molecule has 0 spiro atoms. The first-order valence-electron chi connectivity index (χ1n) is 26.8. The van der Waals surface area contributed by atoms with Crippen molar-refractivity contribution in [1.82, 2.24) is 0 Å². The number of anilines is 6. The first kappa shape index (κ1) is 44.0. The van der Waals surface area contributed by atoms with Crippen LogP contribution in [0.3, 0.4) is 0 Å². The molecule has 0 N–H and O–H groups in total. The lowest BCUT2D eigenvalue weighted by Crippen LogP contribution is -2.11. The maximum Gasteiger partial charge on any atom is 0.0468 e. The van der Waals surface area contributed by atoms with Gasteiger partial charge in [-0.1, -0.05) is 188 Å². The molecule has 0 heterocycles. The molecule has 13 aromatic rings. The summed E-state index contributed by atoms with van der Waals surface area (Å²) in [6.07, 6.45) is 11.2. The number of fused-ring (bicyclic) bond motifs is 8. The average molecular weight is 969 g/mol. The van der Waals surface area contributed by atoms with Crippen LogP contribution in [0.2, 0.25) is 0 Å². The van der Waals surface area contributed by atoms with E-state index in [4.69, 9.17) is 0 Å². The molecule has 2 heteroatoms. The molecule has 0 unspecified atom stereocenters. The number of aryl methyl sites for hydroxylation is 2. The maximum absolute atomic E-state index is 2.50. The fourth-order valence-electron chi connectivity index (χ4n) is 12.5. The Morgan fingerprint density at radius 3 is 1.30 bits per heavy atom. The summed E-state index contributed by atoms with van der Waals surface area (Å²) < 4.78 is 0. The van der Waals surface area contributed by atoms with Gasteiger partial charge in [0.25, 0.3) is 0 Å². The minimum atomic E-state index is 0.938. The van der Waals surface area contributed by atoms with Crippen LogP contribution in [0, 0.1) is 0 Å². The van der Waals surface area contributed by atoms with E-state index < -0.39 is 0 Å². The van der Waals surface area contributed by atoms with Crippen LogP contribution in [0.5, 0.6) is 0 Å². The lowest BCUT2D eigenvalue weighted by Gasteiger charge is -2.29. The smallest absolute Gasteiger partial charge is 0.0468 e. The van der Waals surface area contributed by atoms with E-state index in [0.29, 0.717) is 0 Å². The van der Waals surface area contributed by atoms with Gasteiger partial charge in [-0.2, -0.15) is 0 Å². The van der Waals surface area contributed by atoms with E-state index in [2.05, 4.69) is 277 Å². The molecule has 0 fully saturated rings. The number of benzene rings is 13. The zero-order valence-electron chi connectivity index (χ0n) is 42.1. The van der Waals surface area contributed by atoms with Crippen molar-refractivity contribution in [1.29, 1.82) is 0 Å². The molecule has 0 saturated carbocycles. The van der Waals surface area contributed by atoms with E-state index in [1.807, 2.05) is 0 Å². The van der Waals surface area contributed by atoms with E-state index in [0.717, 1.165) is 59.8 Å². The number of nitrogens with zero attached hydrogens (tertiary/aromatic N) is 2. The number of hydrogen-bond donors (Lipinski definition) is 0. The van der Waals surface area contributed by atoms with Crippen LogP contribution < -0.4 is 9.80 Å². The van der Waals surface area contributed by atoms with Crippen LogP contribution in [0.15, 0.2) is 255 Å². The number of rotatable bonds is 8. The van der Waals surface area contributed by atoms with Crippen molar-refractivity contribution < 1.29 is 0 Å². The van der Waals surface area contributed by atoms with E-state index in [1.54, 1.807) is 0 Å². The lowest BCUT2D eigenvalue weighted by molar-refractivity contribution is 0.985. The Morgan fingerprint density at radius 1 is 0.276 bits per heavy atom. The van der Waals surface area contributed by atoms with E-state index in [1.165, 1.54) is 109 Å². The molecule has 2 nitrogen and oxygen atoms in total. The Labute approximate surface area is 443 Å². The summed E-state index contributed by atoms with van der Waals surface area (Å²) in [5.74, 6) is 0. The van der Waals surface area contributed by atoms with Gasteiger partial charge in [0.05, 0.1) is 0 Å². The molecule has 76 heavy (non-hydrogen) atoms. The minimum Gasteiger partial charge on any atom is -0.310 e. The summed E-state index contributed by atoms with van der Waals surface area (Å²) in [7, 11) is 0. The van der Waals surface area contributed by atoms with Crippen molar-refractivity contribution in [2.75, 3.05) is 9.80 Å². The quantitative estimate of drug-likeness (QED) is 0.140. The zero-order chi connectivity index (χ0) is 50.1. The summed E-state index contributed by atoms with van der Waals surface area (Å²) >= 11 is 0. The van der Waals surface area contributed by atoms with E-state index in [9.17, 15) is 0 Å². The second-order valence-electron chi connectivity index (χ2n) is 20.7. The normalized spacial score (nSPS) is 13.1. The van der Waals surface area contributed by atoms with Gasteiger partial charge < -0.3 is 9.80 Å². The van der Waals surface area contributed by atoms with Gasteiger partial charge in [0.15, 0.2) is 0 Å². The molecule has 15 rings (SSSR count). The molecular weight excluding hydrogens is 917 g/mol. The SMILES string of the molecule is C1=Cc2cc(N(c3ccc4ccccc4c3)c3ccc4c(C5=Cc6ccccc6CC5)c5cc(N(c6ccc7ccccc7c6)c6ccc7ccccc7c6)ccc5c(-c5ccc6ccccc6c5)c4c3)ccc2CC1. The van der Waals surface area contributed by atoms with Gasteiger partial charge in [-0.25, -0.2) is 0 Å². The van der Waals surface area contributed by atoms with Gasteiger partial charge in [-0.05, 0) is 214 Å². The molecule has 2 aliphatic carbocycles. The van der Waals surface area contributed by atoms with Gasteiger partial charge in [0.1, 0.15) is 0 Å². The molecule has 0 radical (unpaired) electrons. The Kier molecular flexibility index (Phi) is 10.5. The molecule has 13 aromatic carbocycles. The maximum atomic E-state index is 2.50. The fourth-order valence-corrected chi connectivity index (χ4v) is 12.5. The highest BCUT2D eigenvalue weighted by atomic mass is 15.1. The van der Waals surface area contributed by atoms with Gasteiger partial charge >= 0.3 is 0 Å². The Bertz CT molecular complexity index is 4480. The number of hydrogen-bond acceptors (Lipinski definition) is 2. The zero-order valence-corrected chi connectivity index (χ0v) is 42.1. The van der Waals surface area contributed by atoms with E-state index >= 15 is 0 Å².